The molecule has 6 nitrogen and oxygen atoms in total. The van der Waals surface area contributed by atoms with Crippen molar-refractivity contribution in [1.82, 2.24) is 10.2 Å². The lowest BCUT2D eigenvalue weighted by molar-refractivity contribution is -0.140. The predicted molar refractivity (Wildman–Crippen MR) is 80.6 cm³/mol. The molecule has 0 heterocycles. The molecule has 1 N–H and O–H groups in total. The first-order chi connectivity index (χ1) is 10.0. The molecule has 0 aliphatic heterocycles. The molecule has 0 saturated carbocycles. The molecule has 0 fully saturated rings. The Morgan fingerprint density at radius 2 is 1.95 bits per heavy atom. The number of hydrogen-bond acceptors (Lipinski definition) is 4. The minimum atomic E-state index is -0.491. The summed E-state index contributed by atoms with van der Waals surface area (Å²) in [5.41, 5.74) is 0. The summed E-state index contributed by atoms with van der Waals surface area (Å²) in [6.45, 7) is 8.39. The topological polar surface area (TPSA) is 75.7 Å². The van der Waals surface area contributed by atoms with E-state index in [9.17, 15) is 14.4 Å². The van der Waals surface area contributed by atoms with Gasteiger partial charge in [0.2, 0.25) is 11.8 Å². The fourth-order valence-electron chi connectivity index (χ4n) is 1.65. The van der Waals surface area contributed by atoms with Gasteiger partial charge in [0, 0.05) is 33.0 Å². The highest BCUT2D eigenvalue weighted by Gasteiger charge is 2.15. The highest BCUT2D eigenvalue weighted by atomic mass is 16.5. The molecule has 120 valence electrons. The number of imide groups is 1. The lowest BCUT2D eigenvalue weighted by atomic mass is 10.3. The average molecular weight is 298 g/mol. The van der Waals surface area contributed by atoms with Crippen LogP contribution in [0.5, 0.6) is 0 Å². The van der Waals surface area contributed by atoms with Crippen molar-refractivity contribution in [2.24, 2.45) is 0 Å². The standard InChI is InChI=1S/C15H26N2O4/c1-4-6-7-11-21-12-9-16-14(19)8-10-17(13(3)18)15(20)5-2/h5H,2,4,6-12H2,1,3H3,(H,16,19). The zero-order chi connectivity index (χ0) is 16.1. The molecule has 0 spiro atoms. The Morgan fingerprint density at radius 3 is 2.52 bits per heavy atom. The summed E-state index contributed by atoms with van der Waals surface area (Å²) < 4.78 is 5.36. The van der Waals surface area contributed by atoms with Crippen molar-refractivity contribution < 1.29 is 19.1 Å². The second-order valence-corrected chi connectivity index (χ2v) is 4.63. The molecule has 0 aliphatic rings. The maximum Gasteiger partial charge on any atom is 0.252 e. The molecule has 0 unspecified atom stereocenters. The molecular weight excluding hydrogens is 272 g/mol. The average Bonchev–Trinajstić information content (AvgIpc) is 2.45. The van der Waals surface area contributed by atoms with Crippen molar-refractivity contribution in [3.8, 4) is 0 Å². The van der Waals surface area contributed by atoms with E-state index in [0.717, 1.165) is 30.2 Å². The van der Waals surface area contributed by atoms with Crippen LogP contribution >= 0.6 is 0 Å². The van der Waals surface area contributed by atoms with Crippen molar-refractivity contribution in [2.45, 2.75) is 39.5 Å². The van der Waals surface area contributed by atoms with Gasteiger partial charge in [-0.15, -0.1) is 0 Å². The number of hydrogen-bond donors (Lipinski definition) is 1. The smallest absolute Gasteiger partial charge is 0.252 e. The van der Waals surface area contributed by atoms with Crippen LogP contribution in [-0.2, 0) is 19.1 Å². The van der Waals surface area contributed by atoms with E-state index in [-0.39, 0.29) is 18.9 Å². The lowest BCUT2D eigenvalue weighted by Gasteiger charge is -2.16. The van der Waals surface area contributed by atoms with Crippen LogP contribution in [0.3, 0.4) is 0 Å². The second kappa shape index (κ2) is 12.1. The third-order valence-electron chi connectivity index (χ3n) is 2.84. The second-order valence-electron chi connectivity index (χ2n) is 4.63. The van der Waals surface area contributed by atoms with Gasteiger partial charge in [-0.1, -0.05) is 26.3 Å². The van der Waals surface area contributed by atoms with E-state index < -0.39 is 11.8 Å². The van der Waals surface area contributed by atoms with E-state index in [1.54, 1.807) is 0 Å². The van der Waals surface area contributed by atoms with Crippen LogP contribution in [0.2, 0.25) is 0 Å². The number of carbonyl (C=O) groups excluding carboxylic acids is 3. The zero-order valence-electron chi connectivity index (χ0n) is 13.0. The summed E-state index contributed by atoms with van der Waals surface area (Å²) in [5, 5.41) is 2.69. The molecule has 3 amide bonds. The monoisotopic (exact) mass is 298 g/mol. The van der Waals surface area contributed by atoms with Gasteiger partial charge in [-0.25, -0.2) is 0 Å². The maximum atomic E-state index is 11.6. The third-order valence-corrected chi connectivity index (χ3v) is 2.84. The Hall–Kier alpha value is -1.69. The minimum Gasteiger partial charge on any atom is -0.380 e. The maximum absolute atomic E-state index is 11.6. The van der Waals surface area contributed by atoms with Gasteiger partial charge in [0.05, 0.1) is 6.61 Å². The molecule has 0 saturated heterocycles. The van der Waals surface area contributed by atoms with Gasteiger partial charge in [-0.3, -0.25) is 19.3 Å². The van der Waals surface area contributed by atoms with Crippen LogP contribution in [0, 0.1) is 0 Å². The molecular formula is C15H26N2O4. The van der Waals surface area contributed by atoms with Gasteiger partial charge in [0.1, 0.15) is 0 Å². The first kappa shape index (κ1) is 19.3. The Balaban J connectivity index is 3.76. The molecule has 6 heteroatoms. The van der Waals surface area contributed by atoms with E-state index in [1.807, 2.05) is 0 Å². The van der Waals surface area contributed by atoms with Crippen molar-refractivity contribution in [3.05, 3.63) is 12.7 Å². The number of nitrogens with zero attached hydrogens (tertiary/aromatic N) is 1. The molecule has 0 aromatic carbocycles. The molecule has 0 aliphatic carbocycles. The van der Waals surface area contributed by atoms with Crippen LogP contribution in [0.15, 0.2) is 12.7 Å². The quantitative estimate of drug-likeness (QED) is 0.460. The van der Waals surface area contributed by atoms with E-state index in [0.29, 0.717) is 19.8 Å². The van der Waals surface area contributed by atoms with Crippen molar-refractivity contribution in [1.29, 1.82) is 0 Å². The van der Waals surface area contributed by atoms with E-state index in [1.165, 1.54) is 6.92 Å². The van der Waals surface area contributed by atoms with Crippen molar-refractivity contribution >= 4 is 17.7 Å². The Kier molecular flexibility index (Phi) is 11.1. The largest absolute Gasteiger partial charge is 0.380 e. The highest BCUT2D eigenvalue weighted by Crippen LogP contribution is 1.96. The third kappa shape index (κ3) is 9.79. The molecule has 0 atom stereocenters. The van der Waals surface area contributed by atoms with E-state index in [4.69, 9.17) is 4.74 Å². The van der Waals surface area contributed by atoms with Crippen LogP contribution in [0.4, 0.5) is 0 Å². The van der Waals surface area contributed by atoms with Crippen LogP contribution in [0.25, 0.3) is 0 Å². The van der Waals surface area contributed by atoms with Crippen LogP contribution in [0.1, 0.15) is 39.5 Å². The first-order valence-electron chi connectivity index (χ1n) is 7.31. The van der Waals surface area contributed by atoms with E-state index >= 15 is 0 Å². The molecule has 0 aromatic heterocycles. The number of unbranched alkanes of at least 4 members (excludes halogenated alkanes) is 2. The number of rotatable bonds is 11. The SMILES string of the molecule is C=CC(=O)N(CCC(=O)NCCOCCCCC)C(C)=O. The Labute approximate surface area is 126 Å². The minimum absolute atomic E-state index is 0.0589. The molecule has 0 bridgehead atoms. The van der Waals surface area contributed by atoms with Gasteiger partial charge in [-0.05, 0) is 12.5 Å². The first-order valence-corrected chi connectivity index (χ1v) is 7.31. The fraction of sp³-hybridized carbons (Fsp3) is 0.667. The summed E-state index contributed by atoms with van der Waals surface area (Å²) in [5.74, 6) is -1.10. The summed E-state index contributed by atoms with van der Waals surface area (Å²) >= 11 is 0. The van der Waals surface area contributed by atoms with E-state index in [2.05, 4.69) is 18.8 Å². The van der Waals surface area contributed by atoms with Gasteiger partial charge in [0.15, 0.2) is 0 Å². The Morgan fingerprint density at radius 1 is 1.24 bits per heavy atom. The van der Waals surface area contributed by atoms with Gasteiger partial charge < -0.3 is 10.1 Å². The number of ether oxygens (including phenoxy) is 1. The van der Waals surface area contributed by atoms with Crippen molar-refractivity contribution in [2.75, 3.05) is 26.3 Å². The summed E-state index contributed by atoms with van der Waals surface area (Å²) in [6, 6.07) is 0. The Bertz CT molecular complexity index is 356. The fourth-order valence-corrected chi connectivity index (χ4v) is 1.65. The molecule has 0 radical (unpaired) electrons. The predicted octanol–water partition coefficient (Wildman–Crippen LogP) is 1.26. The number of nitrogens with one attached hydrogen (secondary N) is 1. The van der Waals surface area contributed by atoms with Crippen LogP contribution in [-0.4, -0.2) is 48.9 Å². The van der Waals surface area contributed by atoms with Gasteiger partial charge >= 0.3 is 0 Å². The number of carbonyl (C=O) groups is 3. The molecule has 0 rings (SSSR count). The summed E-state index contributed by atoms with van der Waals surface area (Å²) in [4.78, 5) is 35.2. The zero-order valence-corrected chi connectivity index (χ0v) is 13.0. The normalized spacial score (nSPS) is 10.0. The molecule has 21 heavy (non-hydrogen) atoms. The van der Waals surface area contributed by atoms with Crippen molar-refractivity contribution in [3.63, 3.8) is 0 Å². The molecule has 0 aromatic rings. The van der Waals surface area contributed by atoms with Gasteiger partial charge in [-0.2, -0.15) is 0 Å². The summed E-state index contributed by atoms with van der Waals surface area (Å²) in [7, 11) is 0. The number of amides is 3. The van der Waals surface area contributed by atoms with Gasteiger partial charge in [0.25, 0.3) is 5.91 Å². The highest BCUT2D eigenvalue weighted by molar-refractivity contribution is 6.00. The van der Waals surface area contributed by atoms with Crippen LogP contribution < -0.4 is 5.32 Å². The summed E-state index contributed by atoms with van der Waals surface area (Å²) in [6.07, 6.45) is 4.46. The lowest BCUT2D eigenvalue weighted by Crippen LogP contribution is -2.37.